The third-order valence-electron chi connectivity index (χ3n) is 5.67. The van der Waals surface area contributed by atoms with E-state index in [0.717, 1.165) is 19.6 Å². The molecule has 1 unspecified atom stereocenters. The summed E-state index contributed by atoms with van der Waals surface area (Å²) in [7, 11) is 0. The van der Waals surface area contributed by atoms with Crippen LogP contribution in [0.25, 0.3) is 0 Å². The highest BCUT2D eigenvalue weighted by molar-refractivity contribution is 5.49. The summed E-state index contributed by atoms with van der Waals surface area (Å²) < 4.78 is 0. The minimum Gasteiger partial charge on any atom is -0.356 e. The first kappa shape index (κ1) is 16.6. The summed E-state index contributed by atoms with van der Waals surface area (Å²) in [5.74, 6) is 1.24. The maximum absolute atomic E-state index is 4.82. The molecule has 132 valence electrons. The summed E-state index contributed by atoms with van der Waals surface area (Å²) in [4.78, 5) is 10.0. The van der Waals surface area contributed by atoms with Crippen LogP contribution in [0.2, 0.25) is 0 Å². The van der Waals surface area contributed by atoms with Crippen LogP contribution in [0.5, 0.6) is 0 Å². The van der Waals surface area contributed by atoms with Gasteiger partial charge in [0.2, 0.25) is 0 Å². The molecular formula is C22H29N3. The molecule has 3 heterocycles. The average molecular weight is 335 g/mol. The molecule has 2 saturated heterocycles. The molecule has 25 heavy (non-hydrogen) atoms. The lowest BCUT2D eigenvalue weighted by Crippen LogP contribution is -2.36. The van der Waals surface area contributed by atoms with E-state index in [-0.39, 0.29) is 0 Å². The second kappa shape index (κ2) is 8.01. The summed E-state index contributed by atoms with van der Waals surface area (Å²) >= 11 is 0. The van der Waals surface area contributed by atoms with Gasteiger partial charge in [0.1, 0.15) is 5.82 Å². The summed E-state index contributed by atoms with van der Waals surface area (Å²) in [6.45, 7) is 4.55. The molecule has 2 aromatic rings. The van der Waals surface area contributed by atoms with Crippen molar-refractivity contribution < 1.29 is 0 Å². The van der Waals surface area contributed by atoms with E-state index in [1.54, 1.807) is 0 Å². The second-order valence-corrected chi connectivity index (χ2v) is 7.43. The molecule has 0 radical (unpaired) electrons. The van der Waals surface area contributed by atoms with Crippen molar-refractivity contribution in [3.05, 3.63) is 59.8 Å². The zero-order valence-electron chi connectivity index (χ0n) is 15.1. The van der Waals surface area contributed by atoms with E-state index >= 15 is 0 Å². The van der Waals surface area contributed by atoms with Crippen LogP contribution in [-0.2, 0) is 6.54 Å². The van der Waals surface area contributed by atoms with Crippen LogP contribution in [0, 0.1) is 0 Å². The third-order valence-corrected chi connectivity index (χ3v) is 5.67. The maximum Gasteiger partial charge on any atom is 0.133 e. The van der Waals surface area contributed by atoms with Gasteiger partial charge in [0, 0.05) is 37.4 Å². The van der Waals surface area contributed by atoms with E-state index in [9.17, 15) is 0 Å². The Balaban J connectivity index is 1.60. The fourth-order valence-corrected chi connectivity index (χ4v) is 4.39. The standard InChI is InChI=1S/C22H29N3/c1-3-10-19(11-4-1)18-25-17-8-5-13-21(25)20-12-9-14-23-22(20)24-15-6-2-7-16-24/h1,3-4,9-12,14,21H,2,5-8,13,15-18H2. The summed E-state index contributed by atoms with van der Waals surface area (Å²) in [5, 5.41) is 0. The Labute approximate surface area is 151 Å². The lowest BCUT2D eigenvalue weighted by Gasteiger charge is -2.38. The van der Waals surface area contributed by atoms with Crippen LogP contribution in [0.15, 0.2) is 48.7 Å². The lowest BCUT2D eigenvalue weighted by atomic mass is 9.94. The average Bonchev–Trinajstić information content (AvgIpc) is 2.70. The number of anilines is 1. The predicted molar refractivity (Wildman–Crippen MR) is 104 cm³/mol. The van der Waals surface area contributed by atoms with E-state index in [4.69, 9.17) is 4.98 Å². The smallest absolute Gasteiger partial charge is 0.133 e. The molecule has 1 atom stereocenters. The van der Waals surface area contributed by atoms with E-state index in [1.807, 2.05) is 6.20 Å². The molecule has 3 nitrogen and oxygen atoms in total. The molecule has 0 amide bonds. The number of hydrogen-bond donors (Lipinski definition) is 0. The molecule has 0 N–H and O–H groups in total. The van der Waals surface area contributed by atoms with Crippen molar-refractivity contribution in [3.8, 4) is 0 Å². The van der Waals surface area contributed by atoms with Crippen molar-refractivity contribution in [2.75, 3.05) is 24.5 Å². The predicted octanol–water partition coefficient (Wildman–Crippen LogP) is 4.80. The van der Waals surface area contributed by atoms with Gasteiger partial charge in [-0.2, -0.15) is 0 Å². The van der Waals surface area contributed by atoms with Crippen molar-refractivity contribution in [3.63, 3.8) is 0 Å². The number of pyridine rings is 1. The van der Waals surface area contributed by atoms with Gasteiger partial charge in [0.05, 0.1) is 0 Å². The summed E-state index contributed by atoms with van der Waals surface area (Å²) in [5.41, 5.74) is 2.86. The number of nitrogens with zero attached hydrogens (tertiary/aromatic N) is 3. The monoisotopic (exact) mass is 335 g/mol. The fraction of sp³-hybridized carbons (Fsp3) is 0.500. The summed E-state index contributed by atoms with van der Waals surface area (Å²) in [6, 6.07) is 15.9. The summed E-state index contributed by atoms with van der Waals surface area (Å²) in [6.07, 6.45) is 9.81. The normalized spacial score (nSPS) is 22.1. The Morgan fingerprint density at radius 2 is 1.64 bits per heavy atom. The molecule has 0 aliphatic carbocycles. The SMILES string of the molecule is c1ccc(CN2CCCCC2c2cccnc2N2CCCCC2)cc1. The van der Waals surface area contributed by atoms with Crippen molar-refractivity contribution in [1.29, 1.82) is 0 Å². The van der Waals surface area contributed by atoms with Gasteiger partial charge in [-0.15, -0.1) is 0 Å². The van der Waals surface area contributed by atoms with Crippen molar-refractivity contribution in [2.45, 2.75) is 51.1 Å². The number of aromatic nitrogens is 1. The highest BCUT2D eigenvalue weighted by Gasteiger charge is 2.28. The molecule has 2 aliphatic heterocycles. The number of benzene rings is 1. The van der Waals surface area contributed by atoms with E-state index < -0.39 is 0 Å². The zero-order chi connectivity index (χ0) is 16.9. The largest absolute Gasteiger partial charge is 0.356 e. The van der Waals surface area contributed by atoms with Crippen LogP contribution < -0.4 is 4.90 Å². The van der Waals surface area contributed by atoms with Gasteiger partial charge in [-0.1, -0.05) is 42.8 Å². The van der Waals surface area contributed by atoms with E-state index in [2.05, 4.69) is 52.3 Å². The Kier molecular flexibility index (Phi) is 5.31. The zero-order valence-corrected chi connectivity index (χ0v) is 15.1. The Morgan fingerprint density at radius 1 is 0.840 bits per heavy atom. The van der Waals surface area contributed by atoms with Gasteiger partial charge in [-0.3, -0.25) is 4.90 Å². The number of hydrogen-bond acceptors (Lipinski definition) is 3. The fourth-order valence-electron chi connectivity index (χ4n) is 4.39. The molecule has 2 aliphatic rings. The van der Waals surface area contributed by atoms with Crippen LogP contribution in [0.4, 0.5) is 5.82 Å². The Morgan fingerprint density at radius 3 is 2.48 bits per heavy atom. The van der Waals surface area contributed by atoms with Crippen LogP contribution >= 0.6 is 0 Å². The first-order valence-corrected chi connectivity index (χ1v) is 9.90. The van der Waals surface area contributed by atoms with Gasteiger partial charge in [0.15, 0.2) is 0 Å². The minimum atomic E-state index is 0.500. The van der Waals surface area contributed by atoms with E-state index in [0.29, 0.717) is 6.04 Å². The maximum atomic E-state index is 4.82. The van der Waals surface area contributed by atoms with Gasteiger partial charge < -0.3 is 4.90 Å². The quantitative estimate of drug-likeness (QED) is 0.800. The van der Waals surface area contributed by atoms with Gasteiger partial charge in [0.25, 0.3) is 0 Å². The third kappa shape index (κ3) is 3.87. The molecule has 1 aromatic carbocycles. The highest BCUT2D eigenvalue weighted by Crippen LogP contribution is 2.36. The number of piperidine rings is 2. The lowest BCUT2D eigenvalue weighted by molar-refractivity contribution is 0.140. The minimum absolute atomic E-state index is 0.500. The molecule has 2 fully saturated rings. The van der Waals surface area contributed by atoms with Crippen LogP contribution in [0.1, 0.15) is 55.7 Å². The molecule has 0 spiro atoms. The van der Waals surface area contributed by atoms with Gasteiger partial charge >= 0.3 is 0 Å². The molecule has 4 rings (SSSR count). The second-order valence-electron chi connectivity index (χ2n) is 7.43. The molecule has 1 aromatic heterocycles. The number of likely N-dealkylation sites (tertiary alicyclic amines) is 1. The molecule has 0 saturated carbocycles. The molecule has 0 bridgehead atoms. The first-order chi connectivity index (χ1) is 12.4. The van der Waals surface area contributed by atoms with Gasteiger partial charge in [-0.25, -0.2) is 4.98 Å². The Hall–Kier alpha value is -1.87. The van der Waals surface area contributed by atoms with Crippen molar-refractivity contribution in [1.82, 2.24) is 9.88 Å². The van der Waals surface area contributed by atoms with Crippen molar-refractivity contribution >= 4 is 5.82 Å². The molecular weight excluding hydrogens is 306 g/mol. The Bertz CT molecular complexity index is 664. The topological polar surface area (TPSA) is 19.4 Å². The van der Waals surface area contributed by atoms with Crippen LogP contribution in [-0.4, -0.2) is 29.5 Å². The highest BCUT2D eigenvalue weighted by atomic mass is 15.2. The van der Waals surface area contributed by atoms with Crippen molar-refractivity contribution in [2.24, 2.45) is 0 Å². The molecule has 3 heteroatoms. The van der Waals surface area contributed by atoms with Gasteiger partial charge in [-0.05, 0) is 50.3 Å². The van der Waals surface area contributed by atoms with E-state index in [1.165, 1.54) is 62.0 Å². The number of rotatable bonds is 4. The first-order valence-electron chi connectivity index (χ1n) is 9.90. The van der Waals surface area contributed by atoms with Crippen LogP contribution in [0.3, 0.4) is 0 Å².